The second kappa shape index (κ2) is 6.96. The lowest BCUT2D eigenvalue weighted by Crippen LogP contribution is -2.11. The summed E-state index contributed by atoms with van der Waals surface area (Å²) in [6.07, 6.45) is 3.64. The first kappa shape index (κ1) is 16.4. The number of nitrogens with zero attached hydrogens (tertiary/aromatic N) is 3. The van der Waals surface area contributed by atoms with Crippen LogP contribution in [-0.2, 0) is 12.8 Å². The van der Waals surface area contributed by atoms with E-state index in [0.717, 1.165) is 16.6 Å². The zero-order valence-corrected chi connectivity index (χ0v) is 14.6. The van der Waals surface area contributed by atoms with E-state index in [1.807, 2.05) is 23.9 Å². The van der Waals surface area contributed by atoms with Crippen LogP contribution in [0, 0.1) is 0 Å². The minimum atomic E-state index is -0.315. The number of amides is 1. The Labute approximate surface area is 143 Å². The van der Waals surface area contributed by atoms with Crippen molar-refractivity contribution in [3.8, 4) is 0 Å². The molecule has 0 bridgehead atoms. The van der Waals surface area contributed by atoms with E-state index in [4.69, 9.17) is 4.42 Å². The van der Waals surface area contributed by atoms with Crippen LogP contribution in [0.5, 0.6) is 0 Å². The topological polar surface area (TPSA) is 88.7 Å². The Bertz CT molecular complexity index is 833. The molecule has 0 saturated heterocycles. The molecule has 0 aromatic carbocycles. The first-order chi connectivity index (χ1) is 11.5. The first-order valence-corrected chi connectivity index (χ1v) is 8.57. The SMILES string of the molecule is CC(C)c1cc(NC(=O)c2ccc(CSc3nccn3C)o2)n[nH]1. The van der Waals surface area contributed by atoms with E-state index in [-0.39, 0.29) is 11.7 Å². The summed E-state index contributed by atoms with van der Waals surface area (Å²) in [5, 5.41) is 10.6. The number of anilines is 1. The van der Waals surface area contributed by atoms with Crippen molar-refractivity contribution in [2.75, 3.05) is 5.32 Å². The highest BCUT2D eigenvalue weighted by molar-refractivity contribution is 7.98. The fourth-order valence-electron chi connectivity index (χ4n) is 2.08. The number of imidazole rings is 1. The first-order valence-electron chi connectivity index (χ1n) is 7.58. The van der Waals surface area contributed by atoms with Crippen molar-refractivity contribution in [1.29, 1.82) is 0 Å². The smallest absolute Gasteiger partial charge is 0.292 e. The van der Waals surface area contributed by atoms with Crippen LogP contribution in [0.15, 0.2) is 40.2 Å². The van der Waals surface area contributed by atoms with Crippen molar-refractivity contribution in [1.82, 2.24) is 19.7 Å². The quantitative estimate of drug-likeness (QED) is 0.668. The predicted octanol–water partition coefficient (Wildman–Crippen LogP) is 3.40. The Balaban J connectivity index is 1.59. The summed E-state index contributed by atoms with van der Waals surface area (Å²) in [7, 11) is 1.94. The maximum atomic E-state index is 12.2. The monoisotopic (exact) mass is 345 g/mol. The maximum Gasteiger partial charge on any atom is 0.292 e. The third-order valence-corrected chi connectivity index (χ3v) is 4.55. The molecule has 2 N–H and O–H groups in total. The molecule has 0 radical (unpaired) electrons. The molecule has 3 aromatic rings. The number of thioether (sulfide) groups is 1. The minimum absolute atomic E-state index is 0.263. The van der Waals surface area contributed by atoms with E-state index >= 15 is 0 Å². The van der Waals surface area contributed by atoms with Crippen LogP contribution < -0.4 is 5.32 Å². The summed E-state index contributed by atoms with van der Waals surface area (Å²) < 4.78 is 7.54. The van der Waals surface area contributed by atoms with E-state index in [1.54, 1.807) is 30.1 Å². The molecule has 0 aliphatic rings. The van der Waals surface area contributed by atoms with Crippen LogP contribution in [0.4, 0.5) is 5.82 Å². The van der Waals surface area contributed by atoms with Crippen molar-refractivity contribution in [3.05, 3.63) is 47.8 Å². The van der Waals surface area contributed by atoms with Crippen LogP contribution in [0.3, 0.4) is 0 Å². The van der Waals surface area contributed by atoms with Gasteiger partial charge in [-0.2, -0.15) is 5.10 Å². The van der Waals surface area contributed by atoms with Gasteiger partial charge < -0.3 is 14.3 Å². The van der Waals surface area contributed by atoms with Gasteiger partial charge in [-0.25, -0.2) is 4.98 Å². The van der Waals surface area contributed by atoms with Crippen molar-refractivity contribution in [2.24, 2.45) is 7.05 Å². The van der Waals surface area contributed by atoms with Gasteiger partial charge in [-0.1, -0.05) is 25.6 Å². The fraction of sp³-hybridized carbons (Fsp3) is 0.312. The van der Waals surface area contributed by atoms with Gasteiger partial charge in [0, 0.05) is 31.2 Å². The molecule has 0 fully saturated rings. The second-order valence-corrected chi connectivity index (χ2v) is 6.64. The van der Waals surface area contributed by atoms with E-state index in [1.165, 1.54) is 0 Å². The number of aromatic amines is 1. The van der Waals surface area contributed by atoms with Gasteiger partial charge in [-0.3, -0.25) is 9.89 Å². The summed E-state index contributed by atoms with van der Waals surface area (Å²) in [6.45, 7) is 4.11. The van der Waals surface area contributed by atoms with E-state index in [2.05, 4.69) is 34.3 Å². The molecule has 0 aliphatic heterocycles. The number of rotatable bonds is 6. The lowest BCUT2D eigenvalue weighted by atomic mass is 10.1. The summed E-state index contributed by atoms with van der Waals surface area (Å²) in [5.41, 5.74) is 0.969. The summed E-state index contributed by atoms with van der Waals surface area (Å²) in [5.74, 6) is 2.09. The second-order valence-electron chi connectivity index (χ2n) is 5.69. The molecule has 126 valence electrons. The lowest BCUT2D eigenvalue weighted by Gasteiger charge is -2.00. The standard InChI is InChI=1S/C16H19N5O2S/c1-10(2)12-8-14(20-19-12)18-15(22)13-5-4-11(23-13)9-24-16-17-6-7-21(16)3/h4-8,10H,9H2,1-3H3,(H2,18,19,20,22). The van der Waals surface area contributed by atoms with Crippen LogP contribution >= 0.6 is 11.8 Å². The Morgan fingerprint density at radius 2 is 2.29 bits per heavy atom. The molecule has 1 amide bonds. The number of H-pyrrole nitrogens is 1. The van der Waals surface area contributed by atoms with E-state index < -0.39 is 0 Å². The Morgan fingerprint density at radius 1 is 1.46 bits per heavy atom. The molecule has 0 aliphatic carbocycles. The number of nitrogens with one attached hydrogen (secondary N) is 2. The van der Waals surface area contributed by atoms with Crippen molar-refractivity contribution in [2.45, 2.75) is 30.7 Å². The molecule has 3 aromatic heterocycles. The van der Waals surface area contributed by atoms with E-state index in [0.29, 0.717) is 17.5 Å². The van der Waals surface area contributed by atoms with Crippen molar-refractivity contribution < 1.29 is 9.21 Å². The minimum Gasteiger partial charge on any atom is -0.455 e. The lowest BCUT2D eigenvalue weighted by molar-refractivity contribution is 0.0995. The largest absolute Gasteiger partial charge is 0.455 e. The molecule has 24 heavy (non-hydrogen) atoms. The molecule has 3 heterocycles. The average Bonchev–Trinajstić information content (AvgIpc) is 3.25. The number of furan rings is 1. The zero-order chi connectivity index (χ0) is 17.1. The van der Waals surface area contributed by atoms with Crippen molar-refractivity contribution in [3.63, 3.8) is 0 Å². The third-order valence-electron chi connectivity index (χ3n) is 3.47. The van der Waals surface area contributed by atoms with E-state index in [9.17, 15) is 4.79 Å². The van der Waals surface area contributed by atoms with Gasteiger partial charge in [0.25, 0.3) is 5.91 Å². The van der Waals surface area contributed by atoms with Crippen LogP contribution in [0.25, 0.3) is 0 Å². The molecule has 7 nitrogen and oxygen atoms in total. The molecule has 0 unspecified atom stereocenters. The van der Waals surface area contributed by atoms with Crippen molar-refractivity contribution >= 4 is 23.5 Å². The highest BCUT2D eigenvalue weighted by atomic mass is 32.2. The van der Waals surface area contributed by atoms with Gasteiger partial charge in [0.15, 0.2) is 16.7 Å². The van der Waals surface area contributed by atoms with Gasteiger partial charge in [0.2, 0.25) is 0 Å². The molecule has 8 heteroatoms. The maximum absolute atomic E-state index is 12.2. The normalized spacial score (nSPS) is 11.2. The van der Waals surface area contributed by atoms with Crippen LogP contribution in [-0.4, -0.2) is 25.7 Å². The summed E-state index contributed by atoms with van der Waals surface area (Å²) in [6, 6.07) is 5.29. The summed E-state index contributed by atoms with van der Waals surface area (Å²) >= 11 is 1.55. The molecule has 0 spiro atoms. The van der Waals surface area contributed by atoms with Gasteiger partial charge in [-0.15, -0.1) is 0 Å². The summed E-state index contributed by atoms with van der Waals surface area (Å²) in [4.78, 5) is 16.4. The van der Waals surface area contributed by atoms with Gasteiger partial charge in [0.05, 0.1) is 5.75 Å². The molecular formula is C16H19N5O2S. The molecule has 3 rings (SSSR count). The van der Waals surface area contributed by atoms with Gasteiger partial charge in [-0.05, 0) is 18.1 Å². The van der Waals surface area contributed by atoms with Gasteiger partial charge >= 0.3 is 0 Å². The fourth-order valence-corrected chi connectivity index (χ4v) is 2.90. The Morgan fingerprint density at radius 3 is 2.96 bits per heavy atom. The molecule has 0 saturated carbocycles. The Kier molecular flexibility index (Phi) is 4.75. The highest BCUT2D eigenvalue weighted by Gasteiger charge is 2.14. The number of carbonyl (C=O) groups excluding carboxylic acids is 1. The van der Waals surface area contributed by atoms with Crippen LogP contribution in [0.2, 0.25) is 0 Å². The van der Waals surface area contributed by atoms with Gasteiger partial charge in [0.1, 0.15) is 5.76 Å². The van der Waals surface area contributed by atoms with Crippen LogP contribution in [0.1, 0.15) is 41.8 Å². The average molecular weight is 345 g/mol. The Hall–Kier alpha value is -2.48. The third kappa shape index (κ3) is 3.70. The zero-order valence-electron chi connectivity index (χ0n) is 13.7. The number of aryl methyl sites for hydroxylation is 1. The number of carbonyl (C=O) groups is 1. The highest BCUT2D eigenvalue weighted by Crippen LogP contribution is 2.22. The number of aromatic nitrogens is 4. The predicted molar refractivity (Wildman–Crippen MR) is 92.1 cm³/mol. The number of hydrogen-bond donors (Lipinski definition) is 2. The molecule has 0 atom stereocenters. The molecular weight excluding hydrogens is 326 g/mol. The number of hydrogen-bond acceptors (Lipinski definition) is 5.